The SMILES string of the molecule is Cn1ccnc1COc1cc(Cl)ccc1C(=O)O. The minimum atomic E-state index is -1.05. The Balaban J connectivity index is 2.20. The number of halogens is 1. The normalized spacial score (nSPS) is 10.3. The molecule has 1 aromatic carbocycles. The van der Waals surface area contributed by atoms with Crippen molar-refractivity contribution in [3.63, 3.8) is 0 Å². The van der Waals surface area contributed by atoms with E-state index in [9.17, 15) is 4.79 Å². The molecule has 1 aromatic heterocycles. The maximum Gasteiger partial charge on any atom is 0.339 e. The van der Waals surface area contributed by atoms with Crippen LogP contribution in [-0.4, -0.2) is 20.6 Å². The van der Waals surface area contributed by atoms with Gasteiger partial charge in [-0.25, -0.2) is 9.78 Å². The molecule has 0 radical (unpaired) electrons. The maximum atomic E-state index is 11.0. The lowest BCUT2D eigenvalue weighted by molar-refractivity contribution is 0.0691. The standard InChI is InChI=1S/C12H11ClN2O3/c1-15-5-4-14-11(15)7-18-10-6-8(13)2-3-9(10)12(16)17/h2-6H,7H2,1H3,(H,16,17). The molecule has 18 heavy (non-hydrogen) atoms. The Hall–Kier alpha value is -2.01. The van der Waals surface area contributed by atoms with E-state index in [1.54, 1.807) is 17.0 Å². The number of carbonyl (C=O) groups is 1. The van der Waals surface area contributed by atoms with Gasteiger partial charge in [0.15, 0.2) is 0 Å². The number of benzene rings is 1. The summed E-state index contributed by atoms with van der Waals surface area (Å²) in [6.07, 6.45) is 3.43. The number of aryl methyl sites for hydroxylation is 1. The van der Waals surface area contributed by atoms with Gasteiger partial charge in [-0.15, -0.1) is 0 Å². The van der Waals surface area contributed by atoms with E-state index in [1.807, 2.05) is 7.05 Å². The molecule has 5 nitrogen and oxygen atoms in total. The molecule has 2 aromatic rings. The fourth-order valence-electron chi connectivity index (χ4n) is 1.47. The summed E-state index contributed by atoms with van der Waals surface area (Å²) in [4.78, 5) is 15.1. The van der Waals surface area contributed by atoms with Crippen molar-refractivity contribution in [1.29, 1.82) is 0 Å². The second kappa shape index (κ2) is 5.10. The zero-order valence-electron chi connectivity index (χ0n) is 9.63. The number of aromatic carboxylic acids is 1. The molecule has 0 spiro atoms. The highest BCUT2D eigenvalue weighted by Gasteiger charge is 2.12. The predicted octanol–water partition coefficient (Wildman–Crippen LogP) is 2.35. The Labute approximate surface area is 109 Å². The van der Waals surface area contributed by atoms with E-state index in [0.717, 1.165) is 0 Å². The molecule has 0 saturated heterocycles. The molecule has 0 fully saturated rings. The van der Waals surface area contributed by atoms with Crippen molar-refractivity contribution in [1.82, 2.24) is 9.55 Å². The molecule has 0 unspecified atom stereocenters. The van der Waals surface area contributed by atoms with E-state index in [1.165, 1.54) is 18.2 Å². The monoisotopic (exact) mass is 266 g/mol. The third-order valence-electron chi connectivity index (χ3n) is 2.45. The van der Waals surface area contributed by atoms with Gasteiger partial charge in [0.25, 0.3) is 0 Å². The van der Waals surface area contributed by atoms with Crippen molar-refractivity contribution >= 4 is 17.6 Å². The van der Waals surface area contributed by atoms with Crippen molar-refractivity contribution in [3.8, 4) is 5.75 Å². The van der Waals surface area contributed by atoms with Gasteiger partial charge in [-0.2, -0.15) is 0 Å². The zero-order valence-corrected chi connectivity index (χ0v) is 10.4. The maximum absolute atomic E-state index is 11.0. The van der Waals surface area contributed by atoms with Gasteiger partial charge in [0.05, 0.1) is 0 Å². The molecular formula is C12H11ClN2O3. The summed E-state index contributed by atoms with van der Waals surface area (Å²) in [6.45, 7) is 0.185. The number of carboxylic acid groups (broad SMARTS) is 1. The first-order valence-electron chi connectivity index (χ1n) is 5.20. The average Bonchev–Trinajstić information content (AvgIpc) is 2.72. The second-order valence-corrected chi connectivity index (χ2v) is 4.13. The molecule has 0 aliphatic heterocycles. The highest BCUT2D eigenvalue weighted by molar-refractivity contribution is 6.30. The van der Waals surface area contributed by atoms with Gasteiger partial charge in [0.1, 0.15) is 23.7 Å². The minimum absolute atomic E-state index is 0.0774. The van der Waals surface area contributed by atoms with Crippen molar-refractivity contribution in [2.45, 2.75) is 6.61 Å². The zero-order chi connectivity index (χ0) is 13.1. The third kappa shape index (κ3) is 2.62. The van der Waals surface area contributed by atoms with Gasteiger partial charge in [-0.1, -0.05) is 11.6 Å². The van der Waals surface area contributed by atoms with Crippen molar-refractivity contribution < 1.29 is 14.6 Å². The van der Waals surface area contributed by atoms with Crippen molar-refractivity contribution in [2.24, 2.45) is 7.05 Å². The van der Waals surface area contributed by atoms with Gasteiger partial charge in [-0.3, -0.25) is 0 Å². The molecule has 0 bridgehead atoms. The summed E-state index contributed by atoms with van der Waals surface area (Å²) in [7, 11) is 1.84. The molecular weight excluding hydrogens is 256 g/mol. The van der Waals surface area contributed by atoms with Gasteiger partial charge in [-0.05, 0) is 18.2 Å². The summed E-state index contributed by atoms with van der Waals surface area (Å²) < 4.78 is 7.25. The lowest BCUT2D eigenvalue weighted by atomic mass is 10.2. The van der Waals surface area contributed by atoms with Gasteiger partial charge in [0, 0.05) is 24.5 Å². The lowest BCUT2D eigenvalue weighted by Crippen LogP contribution is -2.06. The van der Waals surface area contributed by atoms with Crippen LogP contribution in [0.3, 0.4) is 0 Å². The smallest absolute Gasteiger partial charge is 0.339 e. The van der Waals surface area contributed by atoms with Gasteiger partial charge in [0.2, 0.25) is 0 Å². The average molecular weight is 267 g/mol. The number of aromatic nitrogens is 2. The quantitative estimate of drug-likeness (QED) is 0.923. The van der Waals surface area contributed by atoms with Gasteiger partial charge >= 0.3 is 5.97 Å². The Morgan fingerprint density at radius 2 is 2.33 bits per heavy atom. The van der Waals surface area contributed by atoms with E-state index in [4.69, 9.17) is 21.4 Å². The largest absolute Gasteiger partial charge is 0.485 e. The topological polar surface area (TPSA) is 64.4 Å². The van der Waals surface area contributed by atoms with Crippen LogP contribution in [0.2, 0.25) is 5.02 Å². The summed E-state index contributed by atoms with van der Waals surface area (Å²) in [6, 6.07) is 4.41. The van der Waals surface area contributed by atoms with E-state index in [2.05, 4.69) is 4.98 Å². The van der Waals surface area contributed by atoms with E-state index >= 15 is 0 Å². The Morgan fingerprint density at radius 3 is 2.94 bits per heavy atom. The second-order valence-electron chi connectivity index (χ2n) is 3.69. The van der Waals surface area contributed by atoms with Crippen LogP contribution in [0.5, 0.6) is 5.75 Å². The Morgan fingerprint density at radius 1 is 1.56 bits per heavy atom. The van der Waals surface area contributed by atoms with Crippen LogP contribution in [0, 0.1) is 0 Å². The highest BCUT2D eigenvalue weighted by Crippen LogP contribution is 2.24. The molecule has 0 aliphatic carbocycles. The number of nitrogens with zero attached hydrogens (tertiary/aromatic N) is 2. The fraction of sp³-hybridized carbons (Fsp3) is 0.167. The number of rotatable bonds is 4. The molecule has 0 aliphatic rings. The molecule has 0 amide bonds. The molecule has 1 heterocycles. The molecule has 0 saturated carbocycles. The predicted molar refractivity (Wildman–Crippen MR) is 66.0 cm³/mol. The van der Waals surface area contributed by atoms with Crippen LogP contribution >= 0.6 is 11.6 Å². The lowest BCUT2D eigenvalue weighted by Gasteiger charge is -2.09. The summed E-state index contributed by atoms with van der Waals surface area (Å²) in [5, 5.41) is 9.45. The number of hydrogen-bond donors (Lipinski definition) is 1. The van der Waals surface area contributed by atoms with Crippen LogP contribution in [0.25, 0.3) is 0 Å². The minimum Gasteiger partial charge on any atom is -0.485 e. The molecule has 0 atom stereocenters. The number of carboxylic acids is 1. The van der Waals surface area contributed by atoms with Crippen molar-refractivity contribution in [3.05, 3.63) is 47.0 Å². The van der Waals surface area contributed by atoms with E-state index in [-0.39, 0.29) is 17.9 Å². The number of ether oxygens (including phenoxy) is 1. The fourth-order valence-corrected chi connectivity index (χ4v) is 1.63. The molecule has 1 N–H and O–H groups in total. The summed E-state index contributed by atoms with van der Waals surface area (Å²) in [5.41, 5.74) is 0.0774. The Kier molecular flexibility index (Phi) is 3.53. The van der Waals surface area contributed by atoms with Crippen LogP contribution in [0.1, 0.15) is 16.2 Å². The van der Waals surface area contributed by atoms with Crippen LogP contribution in [0.4, 0.5) is 0 Å². The Bertz CT molecular complexity index is 580. The molecule has 2 rings (SSSR count). The van der Waals surface area contributed by atoms with Crippen LogP contribution < -0.4 is 4.74 Å². The highest BCUT2D eigenvalue weighted by atomic mass is 35.5. The van der Waals surface area contributed by atoms with Gasteiger partial charge < -0.3 is 14.4 Å². The van der Waals surface area contributed by atoms with E-state index in [0.29, 0.717) is 10.8 Å². The van der Waals surface area contributed by atoms with E-state index < -0.39 is 5.97 Å². The molecule has 6 heteroatoms. The first-order valence-corrected chi connectivity index (χ1v) is 5.57. The molecule has 94 valence electrons. The van der Waals surface area contributed by atoms with Crippen LogP contribution in [-0.2, 0) is 13.7 Å². The van der Waals surface area contributed by atoms with Crippen molar-refractivity contribution in [2.75, 3.05) is 0 Å². The first-order chi connectivity index (χ1) is 8.58. The number of imidazole rings is 1. The summed E-state index contributed by atoms with van der Waals surface area (Å²) in [5.74, 6) is -0.120. The summed E-state index contributed by atoms with van der Waals surface area (Å²) >= 11 is 5.82. The first kappa shape index (κ1) is 12.4. The third-order valence-corrected chi connectivity index (χ3v) is 2.69. The van der Waals surface area contributed by atoms with Crippen LogP contribution in [0.15, 0.2) is 30.6 Å². The number of hydrogen-bond acceptors (Lipinski definition) is 3.